The van der Waals surface area contributed by atoms with Crippen molar-refractivity contribution in [1.82, 2.24) is 4.90 Å². The predicted octanol–water partition coefficient (Wildman–Crippen LogP) is 3.25. The number of hydrogen-bond acceptors (Lipinski definition) is 6. The standard InChI is InChI=1S/C14H11ClINO5S/c1-6(13(20)22-2)17-12(19)10(23-14(17)21)4-7-3-8(15)5-9(16)11(7)18/h3-6,18H,1-2H3/b10-4+/t6-/m0/s1. The molecule has 122 valence electrons. The molecule has 1 saturated heterocycles. The van der Waals surface area contributed by atoms with Crippen molar-refractivity contribution in [3.63, 3.8) is 0 Å². The van der Waals surface area contributed by atoms with Gasteiger partial charge in [0, 0.05) is 10.6 Å². The van der Waals surface area contributed by atoms with E-state index in [4.69, 9.17) is 11.6 Å². The highest BCUT2D eigenvalue weighted by Gasteiger charge is 2.41. The molecule has 2 rings (SSSR count). The van der Waals surface area contributed by atoms with Gasteiger partial charge in [0.15, 0.2) is 0 Å². The number of halogens is 2. The number of hydrogen-bond donors (Lipinski definition) is 1. The van der Waals surface area contributed by atoms with Gasteiger partial charge in [-0.1, -0.05) is 11.6 Å². The molecular weight excluding hydrogens is 457 g/mol. The molecule has 1 N–H and O–H groups in total. The molecule has 0 aliphatic carbocycles. The lowest BCUT2D eigenvalue weighted by Gasteiger charge is -2.18. The Morgan fingerprint density at radius 1 is 1.48 bits per heavy atom. The van der Waals surface area contributed by atoms with Crippen LogP contribution in [0.4, 0.5) is 4.79 Å². The summed E-state index contributed by atoms with van der Waals surface area (Å²) in [5.74, 6) is -1.34. The molecule has 23 heavy (non-hydrogen) atoms. The molecule has 6 nitrogen and oxygen atoms in total. The van der Waals surface area contributed by atoms with Crippen LogP contribution in [0, 0.1) is 3.57 Å². The Labute approximate surface area is 154 Å². The molecule has 9 heteroatoms. The molecule has 0 spiro atoms. The highest BCUT2D eigenvalue weighted by Crippen LogP contribution is 2.37. The third-order valence-electron chi connectivity index (χ3n) is 3.10. The summed E-state index contributed by atoms with van der Waals surface area (Å²) in [7, 11) is 1.18. The zero-order valence-electron chi connectivity index (χ0n) is 12.0. The number of methoxy groups -OCH3 is 1. The van der Waals surface area contributed by atoms with Crippen LogP contribution >= 0.6 is 46.0 Å². The summed E-state index contributed by atoms with van der Waals surface area (Å²) >= 11 is 8.53. The molecule has 0 bridgehead atoms. The largest absolute Gasteiger partial charge is 0.506 e. The Bertz CT molecular complexity index is 736. The minimum atomic E-state index is -1.02. The lowest BCUT2D eigenvalue weighted by Crippen LogP contribution is -2.42. The topological polar surface area (TPSA) is 83.9 Å². The average Bonchev–Trinajstić information content (AvgIpc) is 2.77. The first kappa shape index (κ1) is 18.1. The Hall–Kier alpha value is -1.26. The summed E-state index contributed by atoms with van der Waals surface area (Å²) in [6.45, 7) is 1.41. The second-order valence-electron chi connectivity index (χ2n) is 4.58. The lowest BCUT2D eigenvalue weighted by molar-refractivity contribution is -0.148. The van der Waals surface area contributed by atoms with Gasteiger partial charge in [-0.25, -0.2) is 4.79 Å². The van der Waals surface area contributed by atoms with Crippen LogP contribution in [-0.2, 0) is 14.3 Å². The molecule has 1 aromatic carbocycles. The highest BCUT2D eigenvalue weighted by atomic mass is 127. The zero-order chi connectivity index (χ0) is 17.3. The Morgan fingerprint density at radius 3 is 2.74 bits per heavy atom. The van der Waals surface area contributed by atoms with Crippen molar-refractivity contribution in [2.45, 2.75) is 13.0 Å². The van der Waals surface area contributed by atoms with Gasteiger partial charge in [0.25, 0.3) is 11.1 Å². The summed E-state index contributed by atoms with van der Waals surface area (Å²) in [4.78, 5) is 36.8. The molecule has 0 aromatic heterocycles. The molecule has 2 amide bonds. The fourth-order valence-corrected chi connectivity index (χ4v) is 3.88. The number of benzene rings is 1. The van der Waals surface area contributed by atoms with Gasteiger partial charge in [0.05, 0.1) is 15.6 Å². The minimum absolute atomic E-state index is 0.0391. The Kier molecular flexibility index (Phi) is 5.58. The van der Waals surface area contributed by atoms with E-state index in [0.717, 1.165) is 4.90 Å². The molecule has 1 aromatic rings. The van der Waals surface area contributed by atoms with E-state index in [1.165, 1.54) is 26.2 Å². The number of thioether (sulfide) groups is 1. The maximum absolute atomic E-state index is 12.4. The Balaban J connectivity index is 2.38. The van der Waals surface area contributed by atoms with Crippen molar-refractivity contribution in [3.8, 4) is 5.75 Å². The number of nitrogens with zero attached hydrogens (tertiary/aromatic N) is 1. The van der Waals surface area contributed by atoms with Crippen molar-refractivity contribution in [1.29, 1.82) is 0 Å². The fourth-order valence-electron chi connectivity index (χ4n) is 1.93. The highest BCUT2D eigenvalue weighted by molar-refractivity contribution is 14.1. The van der Waals surface area contributed by atoms with E-state index < -0.39 is 23.2 Å². The maximum atomic E-state index is 12.4. The number of phenolic OH excluding ortho intramolecular Hbond substituents is 1. The normalized spacial score (nSPS) is 17.7. The van der Waals surface area contributed by atoms with Crippen LogP contribution in [0.15, 0.2) is 17.0 Å². The summed E-state index contributed by atoms with van der Waals surface area (Å²) in [6.07, 6.45) is 1.37. The van der Waals surface area contributed by atoms with Crippen molar-refractivity contribution >= 4 is 69.1 Å². The van der Waals surface area contributed by atoms with Gasteiger partial charge in [-0.3, -0.25) is 14.5 Å². The van der Waals surface area contributed by atoms with Gasteiger partial charge >= 0.3 is 5.97 Å². The van der Waals surface area contributed by atoms with Gasteiger partial charge in [-0.15, -0.1) is 0 Å². The zero-order valence-corrected chi connectivity index (χ0v) is 15.7. The van der Waals surface area contributed by atoms with Crippen LogP contribution in [0.25, 0.3) is 6.08 Å². The maximum Gasteiger partial charge on any atom is 0.328 e. The van der Waals surface area contributed by atoms with Crippen LogP contribution in [0.1, 0.15) is 12.5 Å². The SMILES string of the molecule is COC(=O)[C@H](C)N1C(=O)S/C(=C/c2cc(Cl)cc(I)c2O)C1=O. The number of amides is 2. The third-order valence-corrected chi connectivity index (χ3v) is 5.02. The number of aromatic hydroxyl groups is 1. The fraction of sp³-hybridized carbons (Fsp3) is 0.214. The smallest absolute Gasteiger partial charge is 0.328 e. The van der Waals surface area contributed by atoms with E-state index in [9.17, 15) is 19.5 Å². The van der Waals surface area contributed by atoms with Crippen molar-refractivity contribution in [2.75, 3.05) is 7.11 Å². The molecule has 0 radical (unpaired) electrons. The van der Waals surface area contributed by atoms with E-state index in [1.807, 2.05) is 22.6 Å². The van der Waals surface area contributed by atoms with Gasteiger partial charge in [0.1, 0.15) is 11.8 Å². The second kappa shape index (κ2) is 7.10. The predicted molar refractivity (Wildman–Crippen MR) is 95.1 cm³/mol. The van der Waals surface area contributed by atoms with Crippen LogP contribution < -0.4 is 0 Å². The molecule has 1 heterocycles. The molecule has 0 unspecified atom stereocenters. The van der Waals surface area contributed by atoms with Gasteiger partial charge in [-0.2, -0.15) is 0 Å². The van der Waals surface area contributed by atoms with E-state index in [2.05, 4.69) is 4.74 Å². The molecule has 0 saturated carbocycles. The van der Waals surface area contributed by atoms with E-state index >= 15 is 0 Å². The van der Waals surface area contributed by atoms with Crippen LogP contribution in [0.2, 0.25) is 5.02 Å². The van der Waals surface area contributed by atoms with Gasteiger partial charge in [-0.05, 0) is 59.5 Å². The van der Waals surface area contributed by atoms with E-state index in [1.54, 1.807) is 6.07 Å². The van der Waals surface area contributed by atoms with Crippen molar-refractivity contribution in [2.24, 2.45) is 0 Å². The third kappa shape index (κ3) is 3.64. The minimum Gasteiger partial charge on any atom is -0.506 e. The molecule has 1 atom stereocenters. The number of ether oxygens (including phenoxy) is 1. The molecule has 1 aliphatic rings. The summed E-state index contributed by atoms with van der Waals surface area (Å²) in [5, 5.41) is 9.85. The first-order valence-electron chi connectivity index (χ1n) is 6.29. The van der Waals surface area contributed by atoms with E-state index in [0.29, 0.717) is 25.9 Å². The Morgan fingerprint density at radius 2 is 2.13 bits per heavy atom. The molecule has 1 fully saturated rings. The molecular formula is C14H11ClINO5S. The van der Waals surface area contributed by atoms with Crippen LogP contribution in [-0.4, -0.2) is 40.3 Å². The number of rotatable bonds is 3. The van der Waals surface area contributed by atoms with Crippen LogP contribution in [0.3, 0.4) is 0 Å². The lowest BCUT2D eigenvalue weighted by atomic mass is 10.2. The van der Waals surface area contributed by atoms with Crippen LogP contribution in [0.5, 0.6) is 5.75 Å². The number of esters is 1. The number of imide groups is 1. The van der Waals surface area contributed by atoms with Gasteiger partial charge in [0.2, 0.25) is 0 Å². The second-order valence-corrected chi connectivity index (χ2v) is 7.17. The summed E-state index contributed by atoms with van der Waals surface area (Å²) in [6, 6.07) is 2.03. The van der Waals surface area contributed by atoms with Crippen molar-refractivity contribution in [3.05, 3.63) is 31.2 Å². The monoisotopic (exact) mass is 467 g/mol. The van der Waals surface area contributed by atoms with Crippen molar-refractivity contribution < 1.29 is 24.2 Å². The number of carbonyl (C=O) groups is 3. The first-order chi connectivity index (χ1) is 10.8. The number of carbonyl (C=O) groups excluding carboxylic acids is 3. The summed E-state index contributed by atoms with van der Waals surface area (Å²) < 4.78 is 5.07. The first-order valence-corrected chi connectivity index (χ1v) is 8.56. The molecule has 1 aliphatic heterocycles. The van der Waals surface area contributed by atoms with E-state index in [-0.39, 0.29) is 10.7 Å². The number of phenols is 1. The quantitative estimate of drug-likeness (QED) is 0.417. The summed E-state index contributed by atoms with van der Waals surface area (Å²) in [5.41, 5.74) is 0.318. The van der Waals surface area contributed by atoms with Gasteiger partial charge < -0.3 is 9.84 Å². The average molecular weight is 468 g/mol.